The number of aryl methyl sites for hydroxylation is 2. The topological polar surface area (TPSA) is 202 Å². The predicted octanol–water partition coefficient (Wildman–Crippen LogP) is 12.8. The molecule has 0 atom stereocenters. The fourth-order valence-corrected chi connectivity index (χ4v) is 14.1. The number of sulfone groups is 2. The highest BCUT2D eigenvalue weighted by molar-refractivity contribution is 8.13. The van der Waals surface area contributed by atoms with E-state index in [1.165, 1.54) is 61.2 Å². The maximum atomic E-state index is 14.4. The lowest BCUT2D eigenvalue weighted by Crippen LogP contribution is -2.14. The van der Waals surface area contributed by atoms with Gasteiger partial charge in [-0.05, 0) is 184 Å². The van der Waals surface area contributed by atoms with Crippen molar-refractivity contribution in [2.45, 2.75) is 93.0 Å². The molecule has 2 saturated carbocycles. The average Bonchev–Trinajstić information content (AvgIpc) is 3.38. The largest absolute Gasteiger partial charge is 0.508 e. The molecule has 14 nitrogen and oxygen atoms in total. The van der Waals surface area contributed by atoms with E-state index in [4.69, 9.17) is 15.4 Å². The first-order valence-electron chi connectivity index (χ1n) is 26.8. The SMILES string of the molecule is Cc1ccc(Cn2cnc(=O)c3cc(O)ccc32)c(F)c1.Cc1ccc(Cn2cnc(=O)c3cc(Oc4ccc(S(=O)(=O)CC5CCCC5)cc4)ccc32)c(F)c1.O=S(=O)(CC1CCCC1)c1ccc(F)cc1.O=S(=O)(Cl)c1ccc(F)cc1. The number of nitrogens with zero attached hydrogens (tertiary/aromatic N) is 4. The summed E-state index contributed by atoms with van der Waals surface area (Å²) >= 11 is 0. The third-order valence-corrected chi connectivity index (χ3v) is 19.5. The zero-order chi connectivity index (χ0) is 60.3. The second kappa shape index (κ2) is 27.3. The number of phenols is 1. The minimum absolute atomic E-state index is 0.000617. The molecule has 0 amide bonds. The number of benzene rings is 7. The highest BCUT2D eigenvalue weighted by Gasteiger charge is 2.25. The Labute approximate surface area is 488 Å². The van der Waals surface area contributed by atoms with Crippen molar-refractivity contribution in [1.29, 1.82) is 0 Å². The van der Waals surface area contributed by atoms with Gasteiger partial charge in [-0.25, -0.2) is 42.8 Å². The van der Waals surface area contributed by atoms with Gasteiger partial charge < -0.3 is 19.0 Å². The molecule has 7 aromatic carbocycles. The van der Waals surface area contributed by atoms with E-state index in [9.17, 15) is 57.5 Å². The van der Waals surface area contributed by atoms with Crippen LogP contribution in [0.1, 0.15) is 73.6 Å². The van der Waals surface area contributed by atoms with E-state index in [0.29, 0.717) is 44.4 Å². The maximum Gasteiger partial charge on any atom is 0.280 e. The van der Waals surface area contributed by atoms with Crippen molar-refractivity contribution in [3.05, 3.63) is 224 Å². The standard InChI is InChI=1S/C28H27FN2O4S.C16H13FN2O2.C12H15FO2S.C6H4ClFO2S/c1-19-6-7-21(26(29)14-19)16-31-18-30-28(32)25-15-23(10-13-27(25)31)35-22-8-11-24(12-9-22)36(33,34)17-20-4-2-3-5-20;1-10-2-3-11(14(17)6-10)8-19-9-18-16(21)13-7-12(20)4-5-15(13)19;13-11-5-7-12(8-6-11)16(14,15)9-10-3-1-2-4-10;7-11(9,10)6-3-1-5(8)2-4-6/h6-15,18,20H,2-5,16-17H2,1H3;2-7,9,20H,8H2,1H3;5-8,10H,1-4,9H2;1-4H. The smallest absolute Gasteiger partial charge is 0.280 e. The number of phenolic OH excluding ortho intramolecular Hbond substituents is 1. The highest BCUT2D eigenvalue weighted by atomic mass is 35.7. The summed E-state index contributed by atoms with van der Waals surface area (Å²) in [7, 11) is -5.32. The molecule has 2 heterocycles. The van der Waals surface area contributed by atoms with E-state index in [2.05, 4.69) is 9.97 Å². The fraction of sp³-hybridized carbons (Fsp3) is 0.258. The Bertz CT molecular complexity index is 4280. The monoisotopic (exact) mass is 1230 g/mol. The Balaban J connectivity index is 0.000000162. The zero-order valence-electron chi connectivity index (χ0n) is 45.7. The van der Waals surface area contributed by atoms with Crippen molar-refractivity contribution in [2.75, 3.05) is 11.5 Å². The number of rotatable bonds is 13. The number of fused-ring (bicyclic) bond motifs is 2. The van der Waals surface area contributed by atoms with Gasteiger partial charge in [0.05, 0.1) is 73.7 Å². The second-order valence-electron chi connectivity index (χ2n) is 20.7. The van der Waals surface area contributed by atoms with Gasteiger partial charge >= 0.3 is 0 Å². The molecule has 0 radical (unpaired) electrons. The maximum absolute atomic E-state index is 14.4. The van der Waals surface area contributed by atoms with Gasteiger partial charge in [-0.2, -0.15) is 9.97 Å². The molecule has 22 heteroatoms. The van der Waals surface area contributed by atoms with Crippen LogP contribution in [0.15, 0.2) is 183 Å². The molecule has 84 heavy (non-hydrogen) atoms. The van der Waals surface area contributed by atoms with E-state index in [1.54, 1.807) is 69.8 Å². The molecule has 440 valence electrons. The van der Waals surface area contributed by atoms with Crippen LogP contribution in [0, 0.1) is 49.0 Å². The molecule has 9 aromatic rings. The molecule has 2 aliphatic carbocycles. The number of aromatic hydroxyl groups is 1. The molecular weight excluding hydrogens is 1170 g/mol. The summed E-state index contributed by atoms with van der Waals surface area (Å²) in [5, 5.41) is 10.1. The summed E-state index contributed by atoms with van der Waals surface area (Å²) in [6, 6.07) is 35.3. The van der Waals surface area contributed by atoms with E-state index in [-0.39, 0.29) is 68.5 Å². The lowest BCUT2D eigenvalue weighted by atomic mass is 10.1. The molecular formula is C62H59ClF4N4O10S3. The van der Waals surface area contributed by atoms with Gasteiger partial charge in [0, 0.05) is 21.8 Å². The lowest BCUT2D eigenvalue weighted by Gasteiger charge is -2.13. The third-order valence-electron chi connectivity index (χ3n) is 14.3. The molecule has 0 aliphatic heterocycles. The number of hydrogen-bond donors (Lipinski definition) is 1. The van der Waals surface area contributed by atoms with Gasteiger partial charge in [-0.3, -0.25) is 9.59 Å². The van der Waals surface area contributed by atoms with Crippen LogP contribution >= 0.6 is 10.7 Å². The minimum Gasteiger partial charge on any atom is -0.508 e. The van der Waals surface area contributed by atoms with E-state index in [0.717, 1.165) is 86.8 Å². The van der Waals surface area contributed by atoms with Crippen LogP contribution in [0.4, 0.5) is 17.6 Å². The van der Waals surface area contributed by atoms with Crippen LogP contribution in [0.5, 0.6) is 17.2 Å². The first kappa shape index (κ1) is 62.3. The van der Waals surface area contributed by atoms with Crippen LogP contribution in [0.3, 0.4) is 0 Å². The predicted molar refractivity (Wildman–Crippen MR) is 315 cm³/mol. The first-order valence-corrected chi connectivity index (χ1v) is 32.4. The second-order valence-corrected chi connectivity index (χ2v) is 27.3. The normalized spacial score (nSPS) is 13.8. The van der Waals surface area contributed by atoms with Crippen LogP contribution in [0.2, 0.25) is 0 Å². The Morgan fingerprint density at radius 2 is 0.905 bits per heavy atom. The molecule has 2 fully saturated rings. The van der Waals surface area contributed by atoms with Crippen LogP contribution in [-0.2, 0) is 41.8 Å². The molecule has 2 aromatic heterocycles. The number of halogens is 5. The van der Waals surface area contributed by atoms with Crippen molar-refractivity contribution in [2.24, 2.45) is 11.8 Å². The molecule has 1 N–H and O–H groups in total. The van der Waals surface area contributed by atoms with E-state index >= 15 is 0 Å². The van der Waals surface area contributed by atoms with Crippen molar-refractivity contribution in [3.8, 4) is 17.2 Å². The fourth-order valence-electron chi connectivity index (χ4n) is 9.89. The lowest BCUT2D eigenvalue weighted by molar-refractivity contribution is 0.476. The first-order chi connectivity index (χ1) is 39.9. The van der Waals surface area contributed by atoms with Gasteiger partial charge in [0.2, 0.25) is 0 Å². The molecule has 0 bridgehead atoms. The number of ether oxygens (including phenoxy) is 1. The summed E-state index contributed by atoms with van der Waals surface area (Å²) in [5.74, 6) is 0.300. The highest BCUT2D eigenvalue weighted by Crippen LogP contribution is 2.31. The summed E-state index contributed by atoms with van der Waals surface area (Å²) in [4.78, 5) is 32.3. The van der Waals surface area contributed by atoms with Gasteiger partial charge in [-0.15, -0.1) is 0 Å². The van der Waals surface area contributed by atoms with Crippen molar-refractivity contribution in [1.82, 2.24) is 19.1 Å². The minimum atomic E-state index is -3.71. The Hall–Kier alpha value is -7.72. The molecule has 0 saturated heterocycles. The molecule has 0 unspecified atom stereocenters. The molecule has 0 spiro atoms. The quantitative estimate of drug-likeness (QED) is 0.0651. The van der Waals surface area contributed by atoms with Crippen molar-refractivity contribution < 1.29 is 52.7 Å². The number of hydrogen-bond acceptors (Lipinski definition) is 12. The van der Waals surface area contributed by atoms with Crippen LogP contribution in [-0.4, -0.2) is 61.0 Å². The van der Waals surface area contributed by atoms with Gasteiger partial charge in [-0.1, -0.05) is 49.9 Å². The number of aromatic nitrogens is 4. The summed E-state index contributed by atoms with van der Waals surface area (Å²) < 4.78 is 133. The van der Waals surface area contributed by atoms with Crippen LogP contribution < -0.4 is 15.9 Å². The average molecular weight is 1230 g/mol. The van der Waals surface area contributed by atoms with Gasteiger partial charge in [0.1, 0.15) is 40.5 Å². The van der Waals surface area contributed by atoms with E-state index < -0.39 is 51.5 Å². The van der Waals surface area contributed by atoms with Crippen LogP contribution in [0.25, 0.3) is 21.8 Å². The Morgan fingerprint density at radius 1 is 0.512 bits per heavy atom. The summed E-state index contributed by atoms with van der Waals surface area (Å²) in [6.07, 6.45) is 11.2. The van der Waals surface area contributed by atoms with Gasteiger partial charge in [0.15, 0.2) is 19.7 Å². The van der Waals surface area contributed by atoms with Crippen molar-refractivity contribution >= 4 is 61.2 Å². The van der Waals surface area contributed by atoms with E-state index in [1.807, 2.05) is 26.0 Å². The van der Waals surface area contributed by atoms with Crippen molar-refractivity contribution in [3.63, 3.8) is 0 Å². The molecule has 11 rings (SSSR count). The summed E-state index contributed by atoms with van der Waals surface area (Å²) in [5.41, 5.74) is 3.08. The Morgan fingerprint density at radius 3 is 1.33 bits per heavy atom. The Kier molecular flexibility index (Phi) is 20.3. The van der Waals surface area contributed by atoms with Gasteiger partial charge in [0.25, 0.3) is 20.2 Å². The molecule has 2 aliphatic rings. The zero-order valence-corrected chi connectivity index (χ0v) is 48.9. The third kappa shape index (κ3) is 16.8. The summed E-state index contributed by atoms with van der Waals surface area (Å²) in [6.45, 7) is 4.15.